The molecule has 2 aromatic carbocycles. The molecule has 2 N–H and O–H groups in total. The summed E-state index contributed by atoms with van der Waals surface area (Å²) in [4.78, 5) is 20.2. The number of rotatable bonds is 7. The Kier molecular flexibility index (Phi) is 6.50. The molecule has 4 rings (SSSR count). The molecule has 0 saturated heterocycles. The molecular formula is C24H28N6OS. The van der Waals surface area contributed by atoms with Gasteiger partial charge in [0.05, 0.1) is 5.57 Å². The fraction of sp³-hybridized carbons (Fsp3) is 0.292. The van der Waals surface area contributed by atoms with Crippen molar-refractivity contribution in [3.8, 4) is 0 Å². The lowest BCUT2D eigenvalue weighted by Gasteiger charge is -2.29. The number of nitrogens with one attached hydrogen (secondary N) is 2. The van der Waals surface area contributed by atoms with Gasteiger partial charge in [-0.15, -0.1) is 5.10 Å². The molecule has 8 heteroatoms. The Labute approximate surface area is 192 Å². The Bertz CT molecular complexity index is 1120. The molecule has 0 spiro atoms. The SMILES string of the molecule is CCCSc1nc2n(n1)C(c1ccc(N(C)C)cc1)C(C(=O)Nc1ccccc1)=C(C)N2. The van der Waals surface area contributed by atoms with Gasteiger partial charge in [0.1, 0.15) is 6.04 Å². The number of thioether (sulfide) groups is 1. The van der Waals surface area contributed by atoms with E-state index in [0.29, 0.717) is 16.7 Å². The number of nitrogens with zero attached hydrogens (tertiary/aromatic N) is 4. The van der Waals surface area contributed by atoms with E-state index in [9.17, 15) is 4.79 Å². The number of aromatic nitrogens is 3. The van der Waals surface area contributed by atoms with E-state index in [4.69, 9.17) is 5.10 Å². The monoisotopic (exact) mass is 448 g/mol. The standard InChI is InChI=1S/C24H28N6OS/c1-5-15-32-24-27-23-25-16(2)20(22(31)26-18-9-7-6-8-10-18)21(30(23)28-24)17-11-13-19(14-12-17)29(3)4/h6-14,21H,5,15H2,1-4H3,(H,26,31)(H,25,27,28). The third kappa shape index (κ3) is 4.50. The summed E-state index contributed by atoms with van der Waals surface area (Å²) in [5.74, 6) is 1.44. The first-order valence-electron chi connectivity index (χ1n) is 10.7. The predicted molar refractivity (Wildman–Crippen MR) is 131 cm³/mol. The highest BCUT2D eigenvalue weighted by Crippen LogP contribution is 2.37. The Hall–Kier alpha value is -3.26. The summed E-state index contributed by atoms with van der Waals surface area (Å²) < 4.78 is 1.83. The van der Waals surface area contributed by atoms with E-state index in [0.717, 1.165) is 34.8 Å². The molecule has 1 aliphatic rings. The zero-order chi connectivity index (χ0) is 22.7. The first-order valence-corrected chi connectivity index (χ1v) is 11.7. The summed E-state index contributed by atoms with van der Waals surface area (Å²) in [7, 11) is 4.02. The molecule has 0 radical (unpaired) electrons. The summed E-state index contributed by atoms with van der Waals surface area (Å²) in [5, 5.41) is 11.8. The molecule has 0 bridgehead atoms. The molecule has 32 heavy (non-hydrogen) atoms. The maximum absolute atomic E-state index is 13.4. The van der Waals surface area contributed by atoms with E-state index in [2.05, 4.69) is 51.7 Å². The molecule has 166 valence electrons. The van der Waals surface area contributed by atoms with Crippen LogP contribution in [0.5, 0.6) is 0 Å². The minimum atomic E-state index is -0.380. The molecule has 3 aromatic rings. The topological polar surface area (TPSA) is 75.1 Å². The van der Waals surface area contributed by atoms with Crippen LogP contribution in [-0.2, 0) is 4.79 Å². The Morgan fingerprint density at radius 1 is 1.16 bits per heavy atom. The summed E-state index contributed by atoms with van der Waals surface area (Å²) in [5.41, 5.74) is 4.22. The van der Waals surface area contributed by atoms with Crippen molar-refractivity contribution < 1.29 is 4.79 Å². The maximum Gasteiger partial charge on any atom is 0.255 e. The van der Waals surface area contributed by atoms with E-state index < -0.39 is 0 Å². The Balaban J connectivity index is 1.75. The van der Waals surface area contributed by atoms with Crippen LogP contribution in [0.25, 0.3) is 0 Å². The second-order valence-corrected chi connectivity index (χ2v) is 8.95. The van der Waals surface area contributed by atoms with Crippen LogP contribution in [0.2, 0.25) is 0 Å². The van der Waals surface area contributed by atoms with Crippen molar-refractivity contribution in [1.29, 1.82) is 0 Å². The minimum absolute atomic E-state index is 0.160. The van der Waals surface area contributed by atoms with Gasteiger partial charge in [-0.3, -0.25) is 4.79 Å². The van der Waals surface area contributed by atoms with Gasteiger partial charge in [0.15, 0.2) is 0 Å². The molecule has 1 aromatic heterocycles. The lowest BCUT2D eigenvalue weighted by atomic mass is 9.94. The van der Waals surface area contributed by atoms with Crippen LogP contribution in [0, 0.1) is 0 Å². The lowest BCUT2D eigenvalue weighted by Crippen LogP contribution is -2.31. The number of hydrogen-bond acceptors (Lipinski definition) is 6. The van der Waals surface area contributed by atoms with E-state index in [1.165, 1.54) is 0 Å². The highest BCUT2D eigenvalue weighted by molar-refractivity contribution is 7.99. The normalized spacial score (nSPS) is 15.2. The molecule has 0 fully saturated rings. The van der Waals surface area contributed by atoms with E-state index >= 15 is 0 Å². The van der Waals surface area contributed by atoms with Gasteiger partial charge < -0.3 is 15.5 Å². The van der Waals surface area contributed by atoms with Gasteiger partial charge in [0, 0.05) is 36.9 Å². The summed E-state index contributed by atoms with van der Waals surface area (Å²) >= 11 is 1.62. The van der Waals surface area contributed by atoms with Gasteiger partial charge in [0.25, 0.3) is 5.91 Å². The fourth-order valence-electron chi connectivity index (χ4n) is 3.66. The minimum Gasteiger partial charge on any atom is -0.378 e. The van der Waals surface area contributed by atoms with Gasteiger partial charge in [-0.1, -0.05) is 49.0 Å². The van der Waals surface area contributed by atoms with Crippen LogP contribution in [0.4, 0.5) is 17.3 Å². The Morgan fingerprint density at radius 2 is 1.88 bits per heavy atom. The zero-order valence-corrected chi connectivity index (χ0v) is 19.6. The van der Waals surface area contributed by atoms with Gasteiger partial charge in [-0.2, -0.15) is 4.98 Å². The molecule has 1 unspecified atom stereocenters. The van der Waals surface area contributed by atoms with Crippen molar-refractivity contribution in [1.82, 2.24) is 14.8 Å². The number of allylic oxidation sites excluding steroid dienone is 1. The molecular weight excluding hydrogens is 420 g/mol. The van der Waals surface area contributed by atoms with Crippen molar-refractivity contribution in [2.24, 2.45) is 0 Å². The second-order valence-electron chi connectivity index (χ2n) is 7.88. The Morgan fingerprint density at radius 3 is 2.53 bits per heavy atom. The lowest BCUT2D eigenvalue weighted by molar-refractivity contribution is -0.113. The van der Waals surface area contributed by atoms with Crippen molar-refractivity contribution in [2.75, 3.05) is 35.4 Å². The van der Waals surface area contributed by atoms with Gasteiger partial charge in [-0.25, -0.2) is 4.68 Å². The number of carbonyl (C=O) groups excluding carboxylic acids is 1. The summed E-state index contributed by atoms with van der Waals surface area (Å²) in [6.45, 7) is 4.05. The number of benzene rings is 2. The molecule has 1 amide bonds. The third-order valence-corrected chi connectivity index (χ3v) is 6.31. The summed E-state index contributed by atoms with van der Waals surface area (Å²) in [6.07, 6.45) is 1.04. The van der Waals surface area contributed by atoms with Gasteiger partial charge in [0.2, 0.25) is 11.1 Å². The molecule has 1 aliphatic heterocycles. The number of para-hydroxylation sites is 1. The third-order valence-electron chi connectivity index (χ3n) is 5.27. The van der Waals surface area contributed by atoms with Crippen molar-refractivity contribution in [2.45, 2.75) is 31.5 Å². The average molecular weight is 449 g/mol. The number of carbonyl (C=O) groups is 1. The fourth-order valence-corrected chi connectivity index (χ4v) is 4.35. The van der Waals surface area contributed by atoms with Crippen LogP contribution < -0.4 is 15.5 Å². The van der Waals surface area contributed by atoms with E-state index in [-0.39, 0.29) is 11.9 Å². The predicted octanol–water partition coefficient (Wildman–Crippen LogP) is 4.77. The smallest absolute Gasteiger partial charge is 0.255 e. The maximum atomic E-state index is 13.4. The van der Waals surface area contributed by atoms with E-state index in [1.54, 1.807) is 11.8 Å². The summed E-state index contributed by atoms with van der Waals surface area (Å²) in [6, 6.07) is 17.3. The highest BCUT2D eigenvalue weighted by Gasteiger charge is 2.34. The first-order chi connectivity index (χ1) is 15.5. The van der Waals surface area contributed by atoms with Gasteiger partial charge in [-0.05, 0) is 43.2 Å². The number of amides is 1. The number of hydrogen-bond donors (Lipinski definition) is 2. The second kappa shape index (κ2) is 9.48. The molecule has 2 heterocycles. The molecule has 7 nitrogen and oxygen atoms in total. The van der Waals surface area contributed by atoms with Crippen molar-refractivity contribution in [3.05, 3.63) is 71.4 Å². The van der Waals surface area contributed by atoms with Crippen LogP contribution >= 0.6 is 11.8 Å². The molecule has 1 atom stereocenters. The van der Waals surface area contributed by atoms with Crippen molar-refractivity contribution >= 4 is 35.0 Å². The molecule has 0 saturated carbocycles. The van der Waals surface area contributed by atoms with E-state index in [1.807, 2.05) is 56.0 Å². The van der Waals surface area contributed by atoms with Crippen LogP contribution in [-0.4, -0.2) is 40.5 Å². The average Bonchev–Trinajstić information content (AvgIpc) is 3.19. The molecule has 0 aliphatic carbocycles. The highest BCUT2D eigenvalue weighted by atomic mass is 32.2. The van der Waals surface area contributed by atoms with Crippen LogP contribution in [0.1, 0.15) is 31.9 Å². The first kappa shape index (κ1) is 22.0. The quantitative estimate of drug-likeness (QED) is 0.507. The zero-order valence-electron chi connectivity index (χ0n) is 18.8. The number of anilines is 3. The largest absolute Gasteiger partial charge is 0.378 e. The van der Waals surface area contributed by atoms with Crippen molar-refractivity contribution in [3.63, 3.8) is 0 Å². The number of fused-ring (bicyclic) bond motifs is 1. The van der Waals surface area contributed by atoms with Crippen LogP contribution in [0.15, 0.2) is 71.0 Å². The van der Waals surface area contributed by atoms with Crippen LogP contribution in [0.3, 0.4) is 0 Å². The van der Waals surface area contributed by atoms with Gasteiger partial charge >= 0.3 is 0 Å².